The van der Waals surface area contributed by atoms with E-state index in [1.54, 1.807) is 13.3 Å². The summed E-state index contributed by atoms with van der Waals surface area (Å²) in [6.45, 7) is 6.48. The molecule has 0 aromatic carbocycles. The predicted molar refractivity (Wildman–Crippen MR) is 110 cm³/mol. The number of pyridine rings is 1. The molecule has 7 nitrogen and oxygen atoms in total. The van der Waals surface area contributed by atoms with E-state index in [4.69, 9.17) is 14.2 Å². The van der Waals surface area contributed by atoms with Crippen LogP contribution in [0.1, 0.15) is 31.2 Å². The standard InChI is InChI=1S/C22H32N4O3/c1-27-16-22-6-3-18(25-9-11-29-12-10-25)13-17(22)5-8-26(15-22)20-4-7-24-21(28-2)19(20)14-23/h4,7,17-18H,3,5-6,8-13,15-16H2,1-2H3/t17-,18-,22+/m1/s1. The minimum absolute atomic E-state index is 0.138. The van der Waals surface area contributed by atoms with Gasteiger partial charge in [-0.15, -0.1) is 0 Å². The topological polar surface area (TPSA) is 70.8 Å². The Hall–Kier alpha value is -1.88. The predicted octanol–water partition coefficient (Wildman–Crippen LogP) is 2.31. The fourth-order valence-electron chi connectivity index (χ4n) is 5.72. The summed E-state index contributed by atoms with van der Waals surface area (Å²) in [6.07, 6.45) is 6.47. The lowest BCUT2D eigenvalue weighted by Crippen LogP contribution is -2.57. The molecule has 0 bridgehead atoms. The van der Waals surface area contributed by atoms with Gasteiger partial charge in [-0.05, 0) is 37.7 Å². The average Bonchev–Trinajstić information content (AvgIpc) is 2.78. The molecule has 1 aliphatic carbocycles. The highest BCUT2D eigenvalue weighted by Crippen LogP contribution is 2.49. The summed E-state index contributed by atoms with van der Waals surface area (Å²) in [5, 5.41) is 9.70. The number of nitriles is 1. The van der Waals surface area contributed by atoms with Crippen molar-refractivity contribution >= 4 is 5.69 Å². The highest BCUT2D eigenvalue weighted by atomic mass is 16.5. The van der Waals surface area contributed by atoms with Crippen LogP contribution in [0.3, 0.4) is 0 Å². The molecule has 3 aliphatic rings. The number of fused-ring (bicyclic) bond motifs is 1. The molecule has 0 amide bonds. The van der Waals surface area contributed by atoms with Crippen LogP contribution < -0.4 is 9.64 Å². The maximum atomic E-state index is 9.70. The van der Waals surface area contributed by atoms with Crippen LogP contribution in [-0.2, 0) is 9.47 Å². The summed E-state index contributed by atoms with van der Waals surface area (Å²) in [7, 11) is 3.38. The Morgan fingerprint density at radius 1 is 1.28 bits per heavy atom. The van der Waals surface area contributed by atoms with Crippen molar-refractivity contribution in [3.8, 4) is 11.9 Å². The molecule has 158 valence electrons. The summed E-state index contributed by atoms with van der Waals surface area (Å²) in [5.41, 5.74) is 1.60. The molecule has 29 heavy (non-hydrogen) atoms. The molecule has 1 saturated carbocycles. The first-order valence-corrected chi connectivity index (χ1v) is 10.7. The van der Waals surface area contributed by atoms with Gasteiger partial charge in [0, 0.05) is 50.9 Å². The van der Waals surface area contributed by atoms with Crippen molar-refractivity contribution in [3.63, 3.8) is 0 Å². The minimum Gasteiger partial charge on any atom is -0.480 e. The van der Waals surface area contributed by atoms with Crippen LogP contribution in [0, 0.1) is 22.7 Å². The van der Waals surface area contributed by atoms with Crippen LogP contribution in [-0.4, -0.2) is 76.1 Å². The fourth-order valence-corrected chi connectivity index (χ4v) is 5.72. The van der Waals surface area contributed by atoms with E-state index in [9.17, 15) is 5.26 Å². The zero-order valence-corrected chi connectivity index (χ0v) is 17.6. The molecule has 0 N–H and O–H groups in total. The van der Waals surface area contributed by atoms with Gasteiger partial charge in [0.2, 0.25) is 5.88 Å². The lowest BCUT2D eigenvalue weighted by molar-refractivity contribution is -0.0539. The van der Waals surface area contributed by atoms with Crippen LogP contribution >= 0.6 is 0 Å². The molecule has 7 heteroatoms. The SMILES string of the molecule is COC[C@@]12CC[C@@H](N3CCOCC3)C[C@H]1CCN(c1ccnc(OC)c1C#N)C2. The van der Waals surface area contributed by atoms with Crippen molar-refractivity contribution in [2.75, 3.05) is 65.1 Å². The zero-order valence-electron chi connectivity index (χ0n) is 17.6. The van der Waals surface area contributed by atoms with Gasteiger partial charge >= 0.3 is 0 Å². The van der Waals surface area contributed by atoms with Crippen LogP contribution in [0.25, 0.3) is 0 Å². The molecule has 0 spiro atoms. The summed E-state index contributed by atoms with van der Waals surface area (Å²) < 4.78 is 16.6. The molecular formula is C22H32N4O3. The lowest BCUT2D eigenvalue weighted by atomic mass is 9.61. The molecule has 3 atom stereocenters. The normalized spacial score (nSPS) is 30.4. The quantitative estimate of drug-likeness (QED) is 0.751. The van der Waals surface area contributed by atoms with E-state index in [0.29, 0.717) is 23.4 Å². The Balaban J connectivity index is 1.54. The molecule has 4 rings (SSSR count). The second-order valence-electron chi connectivity index (χ2n) is 8.61. The molecule has 0 unspecified atom stereocenters. The smallest absolute Gasteiger partial charge is 0.233 e. The van der Waals surface area contributed by atoms with E-state index >= 15 is 0 Å². The molecule has 3 heterocycles. The first-order chi connectivity index (χ1) is 14.2. The van der Waals surface area contributed by atoms with Crippen molar-refractivity contribution < 1.29 is 14.2 Å². The summed E-state index contributed by atoms with van der Waals surface area (Å²) in [5.74, 6) is 1.05. The average molecular weight is 401 g/mol. The molecule has 1 aromatic rings. The number of morpholine rings is 1. The number of hydrogen-bond donors (Lipinski definition) is 0. The van der Waals surface area contributed by atoms with E-state index in [-0.39, 0.29) is 5.41 Å². The van der Waals surface area contributed by atoms with Crippen LogP contribution in [0.2, 0.25) is 0 Å². The van der Waals surface area contributed by atoms with Crippen molar-refractivity contribution in [3.05, 3.63) is 17.8 Å². The number of piperidine rings is 1. The van der Waals surface area contributed by atoms with Crippen LogP contribution in [0.15, 0.2) is 12.3 Å². The van der Waals surface area contributed by atoms with Gasteiger partial charge in [0.1, 0.15) is 11.6 Å². The van der Waals surface area contributed by atoms with Gasteiger partial charge in [-0.3, -0.25) is 4.90 Å². The Bertz CT molecular complexity index is 746. The molecule has 2 saturated heterocycles. The van der Waals surface area contributed by atoms with Gasteiger partial charge in [0.25, 0.3) is 0 Å². The van der Waals surface area contributed by atoms with E-state index in [1.807, 2.05) is 13.2 Å². The molecule has 1 aromatic heterocycles. The lowest BCUT2D eigenvalue weighted by Gasteiger charge is -2.54. The first kappa shape index (κ1) is 20.4. The Kier molecular flexibility index (Phi) is 6.23. The van der Waals surface area contributed by atoms with Gasteiger partial charge in [0.15, 0.2) is 0 Å². The third-order valence-corrected chi connectivity index (χ3v) is 7.19. The van der Waals surface area contributed by atoms with Crippen molar-refractivity contribution in [1.29, 1.82) is 5.26 Å². The monoisotopic (exact) mass is 400 g/mol. The first-order valence-electron chi connectivity index (χ1n) is 10.7. The highest BCUT2D eigenvalue weighted by Gasteiger charge is 2.48. The maximum Gasteiger partial charge on any atom is 0.233 e. The third kappa shape index (κ3) is 3.94. The minimum atomic E-state index is 0.138. The Morgan fingerprint density at radius 3 is 2.83 bits per heavy atom. The zero-order chi connectivity index (χ0) is 20.3. The number of ether oxygens (including phenoxy) is 3. The second-order valence-corrected chi connectivity index (χ2v) is 8.61. The van der Waals surface area contributed by atoms with Crippen LogP contribution in [0.4, 0.5) is 5.69 Å². The van der Waals surface area contributed by atoms with Crippen LogP contribution in [0.5, 0.6) is 5.88 Å². The van der Waals surface area contributed by atoms with Gasteiger partial charge < -0.3 is 19.1 Å². The number of rotatable bonds is 5. The number of hydrogen-bond acceptors (Lipinski definition) is 7. The highest BCUT2D eigenvalue weighted by molar-refractivity contribution is 5.63. The summed E-state index contributed by atoms with van der Waals surface area (Å²) >= 11 is 0. The van der Waals surface area contributed by atoms with Gasteiger partial charge in [0.05, 0.1) is 32.6 Å². The summed E-state index contributed by atoms with van der Waals surface area (Å²) in [6, 6.07) is 4.91. The molecule has 3 fully saturated rings. The maximum absolute atomic E-state index is 9.70. The molecule has 2 aliphatic heterocycles. The number of methoxy groups -OCH3 is 2. The van der Waals surface area contributed by atoms with Gasteiger partial charge in [-0.1, -0.05) is 0 Å². The van der Waals surface area contributed by atoms with E-state index < -0.39 is 0 Å². The largest absolute Gasteiger partial charge is 0.480 e. The van der Waals surface area contributed by atoms with Gasteiger partial charge in [-0.2, -0.15) is 5.26 Å². The van der Waals surface area contributed by atoms with Crippen molar-refractivity contribution in [2.45, 2.75) is 31.7 Å². The van der Waals surface area contributed by atoms with E-state index in [1.165, 1.54) is 12.8 Å². The fraction of sp³-hybridized carbons (Fsp3) is 0.727. The number of anilines is 1. The van der Waals surface area contributed by atoms with E-state index in [0.717, 1.165) is 64.5 Å². The Morgan fingerprint density at radius 2 is 2.10 bits per heavy atom. The molecular weight excluding hydrogens is 368 g/mol. The number of nitrogens with zero attached hydrogens (tertiary/aromatic N) is 4. The third-order valence-electron chi connectivity index (χ3n) is 7.19. The van der Waals surface area contributed by atoms with Crippen molar-refractivity contribution in [2.24, 2.45) is 11.3 Å². The summed E-state index contributed by atoms with van der Waals surface area (Å²) in [4.78, 5) is 9.20. The molecule has 0 radical (unpaired) electrons. The van der Waals surface area contributed by atoms with E-state index in [2.05, 4.69) is 20.9 Å². The van der Waals surface area contributed by atoms with Gasteiger partial charge in [-0.25, -0.2) is 4.98 Å². The second kappa shape index (κ2) is 8.86. The Labute approximate surface area is 173 Å². The van der Waals surface area contributed by atoms with Crippen molar-refractivity contribution in [1.82, 2.24) is 9.88 Å². The number of aromatic nitrogens is 1.